The summed E-state index contributed by atoms with van der Waals surface area (Å²) in [5.41, 5.74) is 2.50. The molecule has 2 aliphatic heterocycles. The Kier molecular flexibility index (Phi) is 3.25. The molecule has 1 N–H and O–H groups in total. The second-order valence-corrected chi connectivity index (χ2v) is 7.51. The van der Waals surface area contributed by atoms with Crippen molar-refractivity contribution >= 4 is 22.0 Å². The first-order valence-electron chi connectivity index (χ1n) is 7.56. The van der Waals surface area contributed by atoms with E-state index in [1.165, 1.54) is 4.31 Å². The molecule has 2 heterocycles. The minimum Gasteiger partial charge on any atom is -0.282 e. The van der Waals surface area contributed by atoms with Crippen molar-refractivity contribution in [3.8, 4) is 0 Å². The molecule has 5 nitrogen and oxygen atoms in total. The molecule has 2 aliphatic rings. The standard InChI is InChI=1S/C17H17N3O2S/c1-20-17(13-6-3-2-4-7-13)14-10-9-12-8-5-11-18-15(12)16(14)19-23(20,21)22/h2-4,6-10,17,19H,5,11H2,1H3. The highest BCUT2D eigenvalue weighted by Crippen LogP contribution is 2.36. The quantitative estimate of drug-likeness (QED) is 0.855. The van der Waals surface area contributed by atoms with Crippen LogP contribution in [0.15, 0.2) is 47.5 Å². The first-order chi connectivity index (χ1) is 11.1. The van der Waals surface area contributed by atoms with E-state index in [1.807, 2.05) is 42.5 Å². The molecular formula is C17H17N3O2S. The Morgan fingerprint density at radius 1 is 1.17 bits per heavy atom. The van der Waals surface area contributed by atoms with Crippen LogP contribution < -0.4 is 15.3 Å². The number of nitrogens with one attached hydrogen (secondary N) is 1. The Labute approximate surface area is 135 Å². The molecule has 0 saturated carbocycles. The number of rotatable bonds is 1. The monoisotopic (exact) mass is 327 g/mol. The molecule has 0 saturated heterocycles. The molecular weight excluding hydrogens is 310 g/mol. The Morgan fingerprint density at radius 2 is 1.96 bits per heavy atom. The topological polar surface area (TPSA) is 61.8 Å². The molecule has 0 radical (unpaired) electrons. The third kappa shape index (κ3) is 2.26. The lowest BCUT2D eigenvalue weighted by molar-refractivity contribution is 0.416. The molecule has 0 fully saturated rings. The smallest absolute Gasteiger partial charge is 0.282 e. The number of hydrogen-bond acceptors (Lipinski definition) is 3. The van der Waals surface area contributed by atoms with Crippen LogP contribution in [0.4, 0.5) is 5.69 Å². The summed E-state index contributed by atoms with van der Waals surface area (Å²) in [7, 11) is -1.99. The van der Waals surface area contributed by atoms with Gasteiger partial charge in [0.15, 0.2) is 0 Å². The first-order valence-corrected chi connectivity index (χ1v) is 9.00. The number of nitrogens with zero attached hydrogens (tertiary/aromatic N) is 2. The van der Waals surface area contributed by atoms with E-state index in [9.17, 15) is 8.42 Å². The lowest BCUT2D eigenvalue weighted by Gasteiger charge is -2.35. The Bertz CT molecular complexity index is 984. The predicted molar refractivity (Wildman–Crippen MR) is 89.8 cm³/mol. The maximum Gasteiger partial charge on any atom is 0.302 e. The maximum absolute atomic E-state index is 12.6. The molecule has 0 aliphatic carbocycles. The minimum absolute atomic E-state index is 0.347. The zero-order valence-corrected chi connectivity index (χ0v) is 13.5. The van der Waals surface area contributed by atoms with Gasteiger partial charge in [-0.25, -0.2) is 0 Å². The van der Waals surface area contributed by atoms with Gasteiger partial charge in [0.1, 0.15) is 0 Å². The lowest BCUT2D eigenvalue weighted by atomic mass is 9.96. The van der Waals surface area contributed by atoms with E-state index >= 15 is 0 Å². The highest BCUT2D eigenvalue weighted by molar-refractivity contribution is 7.90. The molecule has 1 unspecified atom stereocenters. The molecule has 4 rings (SSSR count). The third-order valence-electron chi connectivity index (χ3n) is 4.39. The van der Waals surface area contributed by atoms with Crippen molar-refractivity contribution in [2.45, 2.75) is 12.5 Å². The van der Waals surface area contributed by atoms with Crippen molar-refractivity contribution in [1.82, 2.24) is 4.31 Å². The molecule has 2 aromatic rings. The molecule has 0 amide bonds. The second-order valence-electron chi connectivity index (χ2n) is 5.78. The molecule has 118 valence electrons. The summed E-state index contributed by atoms with van der Waals surface area (Å²) in [6.07, 6.45) is 2.99. The van der Waals surface area contributed by atoms with Gasteiger partial charge >= 0.3 is 10.2 Å². The third-order valence-corrected chi connectivity index (χ3v) is 5.82. The highest BCUT2D eigenvalue weighted by atomic mass is 32.2. The minimum atomic E-state index is -3.60. The molecule has 1 atom stereocenters. The highest BCUT2D eigenvalue weighted by Gasteiger charge is 2.36. The summed E-state index contributed by atoms with van der Waals surface area (Å²) in [6.45, 7) is 0.691. The van der Waals surface area contributed by atoms with Crippen LogP contribution in [0, 0.1) is 0 Å². The summed E-state index contributed by atoms with van der Waals surface area (Å²) in [6, 6.07) is 13.4. The zero-order chi connectivity index (χ0) is 16.0. The van der Waals surface area contributed by atoms with Crippen LogP contribution in [0.1, 0.15) is 23.6 Å². The molecule has 0 bridgehead atoms. The van der Waals surface area contributed by atoms with Crippen LogP contribution in [-0.2, 0) is 10.2 Å². The predicted octanol–water partition coefficient (Wildman–Crippen LogP) is 1.18. The summed E-state index contributed by atoms with van der Waals surface area (Å²) < 4.78 is 29.2. The van der Waals surface area contributed by atoms with Gasteiger partial charge in [0.2, 0.25) is 0 Å². The van der Waals surface area contributed by atoms with Crippen LogP contribution in [0.2, 0.25) is 0 Å². The number of hydrogen-bond donors (Lipinski definition) is 1. The van der Waals surface area contributed by atoms with Gasteiger partial charge in [0.05, 0.1) is 17.1 Å². The average Bonchev–Trinajstić information content (AvgIpc) is 2.57. The fraction of sp³-hybridized carbons (Fsp3) is 0.235. The normalized spacial score (nSPS) is 22.0. The van der Waals surface area contributed by atoms with E-state index in [0.717, 1.165) is 28.1 Å². The SMILES string of the molecule is CN1C(c2ccccc2)c2ccc3c(c2NS1(=O)=O)=NCCC=3. The zero-order valence-electron chi connectivity index (χ0n) is 12.7. The first kappa shape index (κ1) is 14.4. The van der Waals surface area contributed by atoms with Gasteiger partial charge in [0, 0.05) is 19.2 Å². The number of benzene rings is 2. The Hall–Kier alpha value is -2.18. The van der Waals surface area contributed by atoms with Crippen LogP contribution in [-0.4, -0.2) is 26.3 Å². The van der Waals surface area contributed by atoms with Crippen LogP contribution >= 0.6 is 0 Å². The Morgan fingerprint density at radius 3 is 2.74 bits per heavy atom. The van der Waals surface area contributed by atoms with E-state index in [2.05, 4.69) is 15.8 Å². The number of fused-ring (bicyclic) bond motifs is 3. The Balaban J connectivity index is 2.04. The summed E-state index contributed by atoms with van der Waals surface area (Å²) in [4.78, 5) is 4.55. The molecule has 0 aromatic heterocycles. The van der Waals surface area contributed by atoms with E-state index < -0.39 is 10.2 Å². The molecule has 23 heavy (non-hydrogen) atoms. The van der Waals surface area contributed by atoms with Gasteiger partial charge in [-0.2, -0.15) is 12.7 Å². The molecule has 6 heteroatoms. The largest absolute Gasteiger partial charge is 0.302 e. The van der Waals surface area contributed by atoms with Crippen LogP contribution in [0.25, 0.3) is 6.08 Å². The van der Waals surface area contributed by atoms with Gasteiger partial charge in [-0.15, -0.1) is 0 Å². The van der Waals surface area contributed by atoms with E-state index in [0.29, 0.717) is 12.2 Å². The van der Waals surface area contributed by atoms with Gasteiger partial charge in [-0.05, 0) is 17.2 Å². The van der Waals surface area contributed by atoms with Crippen molar-refractivity contribution < 1.29 is 8.42 Å². The van der Waals surface area contributed by atoms with Gasteiger partial charge in [-0.1, -0.05) is 48.5 Å². The van der Waals surface area contributed by atoms with Crippen molar-refractivity contribution in [3.63, 3.8) is 0 Å². The summed E-state index contributed by atoms with van der Waals surface area (Å²) in [5.74, 6) is 0. The van der Waals surface area contributed by atoms with Gasteiger partial charge in [-0.3, -0.25) is 9.71 Å². The van der Waals surface area contributed by atoms with E-state index in [-0.39, 0.29) is 6.04 Å². The summed E-state index contributed by atoms with van der Waals surface area (Å²) >= 11 is 0. The molecule has 0 spiro atoms. The van der Waals surface area contributed by atoms with Gasteiger partial charge < -0.3 is 0 Å². The second kappa shape index (κ2) is 5.18. The molecule has 2 aromatic carbocycles. The summed E-state index contributed by atoms with van der Waals surface area (Å²) in [5, 5.41) is 1.75. The van der Waals surface area contributed by atoms with Crippen LogP contribution in [0.5, 0.6) is 0 Å². The fourth-order valence-corrected chi connectivity index (χ4v) is 4.38. The lowest BCUT2D eigenvalue weighted by Crippen LogP contribution is -2.45. The number of anilines is 1. The van der Waals surface area contributed by atoms with E-state index in [4.69, 9.17) is 0 Å². The van der Waals surface area contributed by atoms with E-state index in [1.54, 1.807) is 7.05 Å². The van der Waals surface area contributed by atoms with Crippen molar-refractivity contribution in [3.05, 3.63) is 64.2 Å². The van der Waals surface area contributed by atoms with Gasteiger partial charge in [0.25, 0.3) is 0 Å². The van der Waals surface area contributed by atoms with Crippen molar-refractivity contribution in [2.75, 3.05) is 18.3 Å². The fourth-order valence-electron chi connectivity index (χ4n) is 3.25. The maximum atomic E-state index is 12.6. The van der Waals surface area contributed by atoms with Crippen molar-refractivity contribution in [2.24, 2.45) is 4.99 Å². The van der Waals surface area contributed by atoms with Crippen LogP contribution in [0.3, 0.4) is 0 Å². The van der Waals surface area contributed by atoms with Crippen molar-refractivity contribution in [1.29, 1.82) is 0 Å². The average molecular weight is 327 g/mol.